The van der Waals surface area contributed by atoms with Crippen molar-refractivity contribution in [2.45, 2.75) is 36.6 Å². The van der Waals surface area contributed by atoms with Gasteiger partial charge in [-0.15, -0.1) is 5.10 Å². The Balaban J connectivity index is 1.34. The number of carbonyl (C=O) groups is 1. The minimum absolute atomic E-state index is 0.0713. The molecule has 1 fully saturated rings. The number of hydrogen-bond acceptors (Lipinski definition) is 5. The van der Waals surface area contributed by atoms with Crippen molar-refractivity contribution < 1.29 is 4.79 Å². The fourth-order valence-corrected chi connectivity index (χ4v) is 4.63. The van der Waals surface area contributed by atoms with E-state index >= 15 is 0 Å². The summed E-state index contributed by atoms with van der Waals surface area (Å²) in [5.74, 6) is 0.601. The van der Waals surface area contributed by atoms with Crippen LogP contribution in [0.4, 0.5) is 11.4 Å². The summed E-state index contributed by atoms with van der Waals surface area (Å²) in [5.41, 5.74) is 2.95. The SMILES string of the molecule is CC(Sc1n[nH]c(-c2ccccc2Br)n1)C(=O)Nc1ccc(N2CCCCC2)cc1. The van der Waals surface area contributed by atoms with Gasteiger partial charge in [-0.1, -0.05) is 45.9 Å². The molecule has 1 aliphatic rings. The van der Waals surface area contributed by atoms with Crippen LogP contribution in [-0.2, 0) is 4.79 Å². The number of carbonyl (C=O) groups excluding carboxylic acids is 1. The lowest BCUT2D eigenvalue weighted by molar-refractivity contribution is -0.115. The highest BCUT2D eigenvalue weighted by molar-refractivity contribution is 9.10. The van der Waals surface area contributed by atoms with Gasteiger partial charge in [-0.2, -0.15) is 0 Å². The molecule has 0 aliphatic carbocycles. The fraction of sp³-hybridized carbons (Fsp3) is 0.318. The second kappa shape index (κ2) is 9.66. The van der Waals surface area contributed by atoms with Gasteiger partial charge in [0, 0.05) is 34.5 Å². The van der Waals surface area contributed by atoms with E-state index in [4.69, 9.17) is 0 Å². The summed E-state index contributed by atoms with van der Waals surface area (Å²) >= 11 is 4.85. The first-order valence-corrected chi connectivity index (χ1v) is 11.8. The van der Waals surface area contributed by atoms with Crippen molar-refractivity contribution in [2.24, 2.45) is 0 Å². The van der Waals surface area contributed by atoms with E-state index in [1.165, 1.54) is 36.7 Å². The highest BCUT2D eigenvalue weighted by atomic mass is 79.9. The van der Waals surface area contributed by atoms with Crippen molar-refractivity contribution in [1.82, 2.24) is 15.2 Å². The molecule has 2 heterocycles. The van der Waals surface area contributed by atoms with E-state index < -0.39 is 0 Å². The smallest absolute Gasteiger partial charge is 0.237 e. The predicted molar refractivity (Wildman–Crippen MR) is 126 cm³/mol. The molecule has 1 unspecified atom stereocenters. The number of amides is 1. The van der Waals surface area contributed by atoms with Crippen LogP contribution >= 0.6 is 27.7 Å². The first kappa shape index (κ1) is 20.9. The number of rotatable bonds is 6. The Bertz CT molecular complexity index is 1000. The van der Waals surface area contributed by atoms with Gasteiger partial charge in [-0.25, -0.2) is 4.98 Å². The van der Waals surface area contributed by atoms with Gasteiger partial charge < -0.3 is 10.2 Å². The topological polar surface area (TPSA) is 73.9 Å². The summed E-state index contributed by atoms with van der Waals surface area (Å²) in [6.07, 6.45) is 3.81. The number of anilines is 2. The van der Waals surface area contributed by atoms with Crippen molar-refractivity contribution in [2.75, 3.05) is 23.3 Å². The third-order valence-corrected chi connectivity index (χ3v) is 6.75. The molecule has 8 heteroatoms. The lowest BCUT2D eigenvalue weighted by atomic mass is 10.1. The summed E-state index contributed by atoms with van der Waals surface area (Å²) in [5, 5.41) is 10.4. The minimum atomic E-state index is -0.324. The van der Waals surface area contributed by atoms with Crippen LogP contribution in [0.2, 0.25) is 0 Å². The average molecular weight is 486 g/mol. The van der Waals surface area contributed by atoms with Crippen molar-refractivity contribution >= 4 is 45.0 Å². The van der Waals surface area contributed by atoms with Crippen molar-refractivity contribution in [3.05, 3.63) is 53.0 Å². The number of piperidine rings is 1. The van der Waals surface area contributed by atoms with Crippen LogP contribution in [0.15, 0.2) is 58.2 Å². The van der Waals surface area contributed by atoms with Crippen LogP contribution in [0.5, 0.6) is 0 Å². The number of halogens is 1. The van der Waals surface area contributed by atoms with Crippen molar-refractivity contribution in [3.63, 3.8) is 0 Å². The summed E-state index contributed by atoms with van der Waals surface area (Å²) in [4.78, 5) is 19.5. The molecule has 156 valence electrons. The number of benzene rings is 2. The molecule has 1 amide bonds. The van der Waals surface area contributed by atoms with Crippen LogP contribution in [0.25, 0.3) is 11.4 Å². The maximum atomic E-state index is 12.6. The van der Waals surface area contributed by atoms with Gasteiger partial charge in [0.1, 0.15) is 0 Å². The molecule has 0 radical (unpaired) electrons. The molecule has 0 saturated carbocycles. The molecule has 1 atom stereocenters. The van der Waals surface area contributed by atoms with Crippen LogP contribution in [0.3, 0.4) is 0 Å². The van der Waals surface area contributed by atoms with Crippen LogP contribution in [0.1, 0.15) is 26.2 Å². The maximum absolute atomic E-state index is 12.6. The Morgan fingerprint density at radius 3 is 2.60 bits per heavy atom. The van der Waals surface area contributed by atoms with Crippen molar-refractivity contribution in [1.29, 1.82) is 0 Å². The standard InChI is InChI=1S/C22H24BrN5OS/c1-15(30-22-25-20(26-27-22)18-7-3-4-8-19(18)23)21(29)24-16-9-11-17(12-10-16)28-13-5-2-6-14-28/h3-4,7-12,15H,2,5-6,13-14H2,1H3,(H,24,29)(H,25,26,27). The monoisotopic (exact) mass is 485 g/mol. The van der Waals surface area contributed by atoms with E-state index in [1.54, 1.807) is 0 Å². The zero-order valence-electron chi connectivity index (χ0n) is 16.8. The molecular weight excluding hydrogens is 462 g/mol. The number of nitrogens with one attached hydrogen (secondary N) is 2. The highest BCUT2D eigenvalue weighted by Crippen LogP contribution is 2.28. The third kappa shape index (κ3) is 5.05. The number of aromatic amines is 1. The zero-order chi connectivity index (χ0) is 20.9. The van der Waals surface area contributed by atoms with Gasteiger partial charge in [-0.3, -0.25) is 9.89 Å². The van der Waals surface area contributed by atoms with Gasteiger partial charge in [0.05, 0.1) is 5.25 Å². The summed E-state index contributed by atoms with van der Waals surface area (Å²) < 4.78 is 0.941. The molecule has 3 aromatic rings. The molecule has 30 heavy (non-hydrogen) atoms. The Morgan fingerprint density at radius 2 is 1.87 bits per heavy atom. The molecule has 2 N–H and O–H groups in total. The van der Waals surface area contributed by atoms with E-state index in [2.05, 4.69) is 53.5 Å². The number of hydrogen-bond donors (Lipinski definition) is 2. The van der Waals surface area contributed by atoms with E-state index in [-0.39, 0.29) is 11.2 Å². The Morgan fingerprint density at radius 1 is 1.13 bits per heavy atom. The molecule has 4 rings (SSSR count). The number of H-pyrrole nitrogens is 1. The molecule has 0 spiro atoms. The first-order chi connectivity index (χ1) is 14.6. The number of thioether (sulfide) groups is 1. The molecule has 0 bridgehead atoms. The Labute approximate surface area is 189 Å². The maximum Gasteiger partial charge on any atom is 0.237 e. The zero-order valence-corrected chi connectivity index (χ0v) is 19.2. The molecular formula is C22H24BrN5OS. The molecule has 1 aromatic heterocycles. The van der Waals surface area contributed by atoms with Gasteiger partial charge in [0.25, 0.3) is 0 Å². The predicted octanol–water partition coefficient (Wildman–Crippen LogP) is 5.34. The van der Waals surface area contributed by atoms with Crippen molar-refractivity contribution in [3.8, 4) is 11.4 Å². The summed E-state index contributed by atoms with van der Waals surface area (Å²) in [6, 6.07) is 15.9. The van der Waals surface area contributed by atoms with Crippen LogP contribution in [-0.4, -0.2) is 39.4 Å². The lowest BCUT2D eigenvalue weighted by Crippen LogP contribution is -2.29. The summed E-state index contributed by atoms with van der Waals surface area (Å²) in [7, 11) is 0. The first-order valence-electron chi connectivity index (χ1n) is 10.1. The molecule has 2 aromatic carbocycles. The van der Waals surface area contributed by atoms with Gasteiger partial charge in [0.2, 0.25) is 11.1 Å². The minimum Gasteiger partial charge on any atom is -0.372 e. The normalized spacial score (nSPS) is 15.1. The van der Waals surface area contributed by atoms with Gasteiger partial charge >= 0.3 is 0 Å². The average Bonchev–Trinajstić information content (AvgIpc) is 3.23. The van der Waals surface area contributed by atoms with Gasteiger partial charge in [-0.05, 0) is 56.5 Å². The number of aromatic nitrogens is 3. The van der Waals surface area contributed by atoms with E-state index in [1.807, 2.05) is 43.3 Å². The lowest BCUT2D eigenvalue weighted by Gasteiger charge is -2.28. The van der Waals surface area contributed by atoms with Crippen LogP contribution < -0.4 is 10.2 Å². The number of nitrogens with zero attached hydrogens (tertiary/aromatic N) is 3. The molecule has 6 nitrogen and oxygen atoms in total. The summed E-state index contributed by atoms with van der Waals surface area (Å²) in [6.45, 7) is 4.08. The highest BCUT2D eigenvalue weighted by Gasteiger charge is 2.18. The molecule has 1 aliphatic heterocycles. The van der Waals surface area contributed by atoms with E-state index in [0.29, 0.717) is 11.0 Å². The second-order valence-corrected chi connectivity index (χ2v) is 9.45. The van der Waals surface area contributed by atoms with E-state index in [0.717, 1.165) is 28.8 Å². The van der Waals surface area contributed by atoms with Gasteiger partial charge in [0.15, 0.2) is 5.82 Å². The quantitative estimate of drug-likeness (QED) is 0.460. The second-order valence-electron chi connectivity index (χ2n) is 7.29. The largest absolute Gasteiger partial charge is 0.372 e. The van der Waals surface area contributed by atoms with Crippen LogP contribution in [0, 0.1) is 0 Å². The third-order valence-electron chi connectivity index (χ3n) is 5.10. The van der Waals surface area contributed by atoms with E-state index in [9.17, 15) is 4.79 Å². The molecule has 1 saturated heterocycles. The Hall–Kier alpha value is -2.32. The fourth-order valence-electron chi connectivity index (χ4n) is 3.44. The Kier molecular flexibility index (Phi) is 6.74.